The Bertz CT molecular complexity index is 470. The molecule has 0 radical (unpaired) electrons. The van der Waals surface area contributed by atoms with E-state index in [1.165, 1.54) is 0 Å². The summed E-state index contributed by atoms with van der Waals surface area (Å²) in [7, 11) is 1.66. The van der Waals surface area contributed by atoms with Gasteiger partial charge >= 0.3 is 0 Å². The molecule has 2 nitrogen and oxygen atoms in total. The van der Waals surface area contributed by atoms with Crippen LogP contribution in [-0.2, 0) is 0 Å². The predicted octanol–water partition coefficient (Wildman–Crippen LogP) is 3.57. The van der Waals surface area contributed by atoms with E-state index in [0.717, 1.165) is 20.7 Å². The van der Waals surface area contributed by atoms with Crippen molar-refractivity contribution in [3.63, 3.8) is 0 Å². The first-order valence-electron chi connectivity index (χ1n) is 4.85. The van der Waals surface area contributed by atoms with Gasteiger partial charge < -0.3 is 10.5 Å². The second-order valence-electron chi connectivity index (χ2n) is 3.38. The molecule has 0 aliphatic heterocycles. The maximum atomic E-state index is 6.20. The van der Waals surface area contributed by atoms with E-state index in [0.29, 0.717) is 0 Å². The molecule has 0 aliphatic carbocycles. The number of ether oxygens (including phenoxy) is 1. The van der Waals surface area contributed by atoms with Crippen LogP contribution in [0.5, 0.6) is 5.75 Å². The van der Waals surface area contributed by atoms with Gasteiger partial charge in [-0.1, -0.05) is 28.1 Å². The maximum Gasteiger partial charge on any atom is 0.125 e. The van der Waals surface area contributed by atoms with Gasteiger partial charge in [0, 0.05) is 14.9 Å². The zero-order valence-corrected chi connectivity index (χ0v) is 11.2. The van der Waals surface area contributed by atoms with Crippen LogP contribution in [0.1, 0.15) is 16.5 Å². The first-order chi connectivity index (χ1) is 7.72. The van der Waals surface area contributed by atoms with Crippen LogP contribution >= 0.6 is 27.3 Å². The number of nitrogens with two attached hydrogens (primary N) is 1. The second-order valence-corrected chi connectivity index (χ2v) is 5.27. The lowest BCUT2D eigenvalue weighted by molar-refractivity contribution is 0.407. The summed E-state index contributed by atoms with van der Waals surface area (Å²) in [6, 6.07) is 9.83. The van der Waals surface area contributed by atoms with Crippen LogP contribution in [0, 0.1) is 0 Å². The largest absolute Gasteiger partial charge is 0.496 e. The normalized spacial score (nSPS) is 12.4. The van der Waals surface area contributed by atoms with Crippen molar-refractivity contribution >= 4 is 27.3 Å². The predicted molar refractivity (Wildman–Crippen MR) is 71.0 cm³/mol. The molecule has 0 bridgehead atoms. The number of thiophene rings is 1. The minimum Gasteiger partial charge on any atom is -0.496 e. The van der Waals surface area contributed by atoms with E-state index in [2.05, 4.69) is 15.9 Å². The Balaban J connectivity index is 2.40. The van der Waals surface area contributed by atoms with Gasteiger partial charge in [-0.3, -0.25) is 0 Å². The Morgan fingerprint density at radius 2 is 2.19 bits per heavy atom. The first-order valence-corrected chi connectivity index (χ1v) is 6.52. The van der Waals surface area contributed by atoms with Crippen LogP contribution in [0.3, 0.4) is 0 Å². The summed E-state index contributed by atoms with van der Waals surface area (Å²) in [6.45, 7) is 0. The molecule has 84 valence electrons. The molecule has 2 aromatic rings. The van der Waals surface area contributed by atoms with Crippen molar-refractivity contribution in [2.24, 2.45) is 5.73 Å². The summed E-state index contributed by atoms with van der Waals surface area (Å²) < 4.78 is 6.33. The van der Waals surface area contributed by atoms with Crippen LogP contribution in [0.2, 0.25) is 0 Å². The van der Waals surface area contributed by atoms with Gasteiger partial charge in [-0.25, -0.2) is 0 Å². The van der Waals surface area contributed by atoms with E-state index < -0.39 is 0 Å². The van der Waals surface area contributed by atoms with Crippen molar-refractivity contribution in [1.82, 2.24) is 0 Å². The molecule has 1 aromatic carbocycles. The van der Waals surface area contributed by atoms with Crippen LogP contribution < -0.4 is 10.5 Å². The summed E-state index contributed by atoms with van der Waals surface area (Å²) in [6.07, 6.45) is 0. The number of methoxy groups -OCH3 is 1. The van der Waals surface area contributed by atoms with Gasteiger partial charge in [0.15, 0.2) is 0 Å². The zero-order chi connectivity index (χ0) is 11.5. The monoisotopic (exact) mass is 297 g/mol. The molecule has 0 spiro atoms. The lowest BCUT2D eigenvalue weighted by Crippen LogP contribution is -2.11. The summed E-state index contributed by atoms with van der Waals surface area (Å²) in [5.74, 6) is 0.815. The van der Waals surface area contributed by atoms with E-state index in [4.69, 9.17) is 10.5 Å². The van der Waals surface area contributed by atoms with E-state index in [1.54, 1.807) is 18.4 Å². The highest BCUT2D eigenvalue weighted by Gasteiger charge is 2.14. The molecule has 1 heterocycles. The topological polar surface area (TPSA) is 35.2 Å². The van der Waals surface area contributed by atoms with Crippen LogP contribution in [0.15, 0.2) is 40.2 Å². The maximum absolute atomic E-state index is 6.20. The van der Waals surface area contributed by atoms with Gasteiger partial charge in [-0.05, 0) is 23.6 Å². The average Bonchev–Trinajstić information content (AvgIpc) is 2.81. The van der Waals surface area contributed by atoms with E-state index in [-0.39, 0.29) is 6.04 Å². The molecule has 1 atom stereocenters. The second kappa shape index (κ2) is 4.99. The lowest BCUT2D eigenvalue weighted by atomic mass is 10.1. The highest BCUT2D eigenvalue weighted by molar-refractivity contribution is 9.10. The number of hydrogen-bond acceptors (Lipinski definition) is 3. The Morgan fingerprint density at radius 3 is 2.81 bits per heavy atom. The molecule has 0 aliphatic rings. The molecule has 0 unspecified atom stereocenters. The van der Waals surface area contributed by atoms with Gasteiger partial charge in [0.05, 0.1) is 13.2 Å². The molecular formula is C12H12BrNOS. The molecule has 0 saturated heterocycles. The van der Waals surface area contributed by atoms with Crippen LogP contribution in [0.4, 0.5) is 0 Å². The van der Waals surface area contributed by atoms with Crippen molar-refractivity contribution in [3.05, 3.63) is 50.6 Å². The van der Waals surface area contributed by atoms with E-state index in [1.807, 2.05) is 35.7 Å². The Hall–Kier alpha value is -0.840. The molecular weight excluding hydrogens is 286 g/mol. The number of hydrogen-bond donors (Lipinski definition) is 1. The van der Waals surface area contributed by atoms with Gasteiger partial charge in [0.25, 0.3) is 0 Å². The first kappa shape index (κ1) is 11.6. The summed E-state index contributed by atoms with van der Waals surface area (Å²) in [5, 5.41) is 2.03. The minimum absolute atomic E-state index is 0.122. The van der Waals surface area contributed by atoms with Crippen molar-refractivity contribution in [2.45, 2.75) is 6.04 Å². The highest BCUT2D eigenvalue weighted by Crippen LogP contribution is 2.32. The molecule has 1 aromatic heterocycles. The zero-order valence-electron chi connectivity index (χ0n) is 8.81. The SMILES string of the molecule is COc1cc(Br)ccc1[C@H](N)c1cccs1. The third-order valence-electron chi connectivity index (χ3n) is 2.38. The smallest absolute Gasteiger partial charge is 0.125 e. The van der Waals surface area contributed by atoms with Crippen molar-refractivity contribution in [3.8, 4) is 5.75 Å². The van der Waals surface area contributed by atoms with Crippen LogP contribution in [-0.4, -0.2) is 7.11 Å². The number of benzene rings is 1. The lowest BCUT2D eigenvalue weighted by Gasteiger charge is -2.14. The molecule has 0 saturated carbocycles. The average molecular weight is 298 g/mol. The van der Waals surface area contributed by atoms with E-state index >= 15 is 0 Å². The van der Waals surface area contributed by atoms with Crippen molar-refractivity contribution in [2.75, 3.05) is 7.11 Å². The fourth-order valence-electron chi connectivity index (χ4n) is 1.56. The standard InChI is InChI=1S/C12H12BrNOS/c1-15-10-7-8(13)4-5-9(10)12(14)11-3-2-6-16-11/h2-7,12H,14H2,1H3/t12-/m0/s1. The Morgan fingerprint density at radius 1 is 1.38 bits per heavy atom. The molecule has 2 rings (SSSR count). The van der Waals surface area contributed by atoms with E-state index in [9.17, 15) is 0 Å². The third kappa shape index (κ3) is 2.29. The fraction of sp³-hybridized carbons (Fsp3) is 0.167. The van der Waals surface area contributed by atoms with Crippen molar-refractivity contribution in [1.29, 1.82) is 0 Å². The van der Waals surface area contributed by atoms with Gasteiger partial charge in [-0.15, -0.1) is 11.3 Å². The number of halogens is 1. The molecule has 0 amide bonds. The molecule has 16 heavy (non-hydrogen) atoms. The van der Waals surface area contributed by atoms with Gasteiger partial charge in [-0.2, -0.15) is 0 Å². The minimum atomic E-state index is -0.122. The third-order valence-corrected chi connectivity index (χ3v) is 3.83. The van der Waals surface area contributed by atoms with Gasteiger partial charge in [0.2, 0.25) is 0 Å². The quantitative estimate of drug-likeness (QED) is 0.940. The Kier molecular flexibility index (Phi) is 3.63. The molecule has 2 N–H and O–H groups in total. The fourth-order valence-corrected chi connectivity index (χ4v) is 2.65. The Labute approximate surface area is 107 Å². The summed E-state index contributed by atoms with van der Waals surface area (Å²) in [5.41, 5.74) is 7.21. The molecule has 0 fully saturated rings. The van der Waals surface area contributed by atoms with Crippen LogP contribution in [0.25, 0.3) is 0 Å². The highest BCUT2D eigenvalue weighted by atomic mass is 79.9. The summed E-state index contributed by atoms with van der Waals surface area (Å²) >= 11 is 5.07. The number of rotatable bonds is 3. The summed E-state index contributed by atoms with van der Waals surface area (Å²) in [4.78, 5) is 1.14. The molecule has 4 heteroatoms. The van der Waals surface area contributed by atoms with Gasteiger partial charge in [0.1, 0.15) is 5.75 Å². The van der Waals surface area contributed by atoms with Crippen molar-refractivity contribution < 1.29 is 4.74 Å².